The summed E-state index contributed by atoms with van der Waals surface area (Å²) in [4.78, 5) is 0.228. The summed E-state index contributed by atoms with van der Waals surface area (Å²) in [6, 6.07) is 5.42. The second-order valence-corrected chi connectivity index (χ2v) is 9.04. The van der Waals surface area contributed by atoms with Gasteiger partial charge in [-0.1, -0.05) is 13.3 Å². The van der Waals surface area contributed by atoms with E-state index in [0.717, 1.165) is 25.7 Å². The third kappa shape index (κ3) is 3.87. The number of sulfonamides is 2. The molecule has 1 heterocycles. The Morgan fingerprint density at radius 2 is 1.55 bits per heavy atom. The molecular weight excluding hydrogens is 324 g/mol. The first kappa shape index (κ1) is 17.4. The maximum atomic E-state index is 12.4. The van der Waals surface area contributed by atoms with Crippen LogP contribution in [0, 0.1) is 0 Å². The Morgan fingerprint density at radius 3 is 2.09 bits per heavy atom. The van der Waals surface area contributed by atoms with Gasteiger partial charge in [-0.2, -0.15) is 4.31 Å². The van der Waals surface area contributed by atoms with E-state index in [1.165, 1.54) is 28.6 Å². The van der Waals surface area contributed by atoms with E-state index in [1.54, 1.807) is 0 Å². The second kappa shape index (κ2) is 7.08. The molecule has 0 bridgehead atoms. The molecule has 0 aliphatic carbocycles. The summed E-state index contributed by atoms with van der Waals surface area (Å²) in [7, 11) is -7.08. The van der Waals surface area contributed by atoms with Crippen molar-refractivity contribution in [1.82, 2.24) is 9.03 Å². The van der Waals surface area contributed by atoms with Crippen molar-refractivity contribution in [2.24, 2.45) is 0 Å². The molecule has 1 aromatic carbocycles. The summed E-state index contributed by atoms with van der Waals surface area (Å²) < 4.78 is 52.8. The lowest BCUT2D eigenvalue weighted by Gasteiger charge is -2.15. The molecular formula is C14H22N2O4S2. The number of unbranched alkanes of at least 4 members (excludes halogenated alkanes) is 1. The first-order chi connectivity index (χ1) is 10.4. The zero-order valence-corrected chi connectivity index (χ0v) is 14.3. The maximum Gasteiger partial charge on any atom is 0.243 e. The molecule has 1 aliphatic rings. The van der Waals surface area contributed by atoms with Gasteiger partial charge in [0.2, 0.25) is 20.0 Å². The fourth-order valence-electron chi connectivity index (χ4n) is 2.33. The smallest absolute Gasteiger partial charge is 0.211 e. The van der Waals surface area contributed by atoms with Crippen molar-refractivity contribution in [3.05, 3.63) is 24.3 Å². The molecule has 1 saturated heterocycles. The highest BCUT2D eigenvalue weighted by atomic mass is 32.2. The molecule has 1 aromatic rings. The molecule has 0 spiro atoms. The van der Waals surface area contributed by atoms with Crippen LogP contribution in [0.25, 0.3) is 0 Å². The summed E-state index contributed by atoms with van der Waals surface area (Å²) in [5.74, 6) is 0. The van der Waals surface area contributed by atoms with E-state index in [4.69, 9.17) is 0 Å². The van der Waals surface area contributed by atoms with Crippen LogP contribution >= 0.6 is 0 Å². The Bertz CT molecular complexity index is 691. The molecule has 1 aliphatic heterocycles. The Labute approximate surface area is 132 Å². The number of nitrogens with one attached hydrogen (secondary N) is 1. The molecule has 0 amide bonds. The summed E-state index contributed by atoms with van der Waals surface area (Å²) >= 11 is 0. The molecule has 0 atom stereocenters. The molecule has 1 N–H and O–H groups in total. The minimum absolute atomic E-state index is 0.0870. The van der Waals surface area contributed by atoms with Crippen LogP contribution in [0.4, 0.5) is 0 Å². The Balaban J connectivity index is 2.16. The highest BCUT2D eigenvalue weighted by Crippen LogP contribution is 2.22. The second-order valence-electron chi connectivity index (χ2n) is 5.33. The van der Waals surface area contributed by atoms with Crippen molar-refractivity contribution in [2.45, 2.75) is 42.4 Å². The lowest BCUT2D eigenvalue weighted by atomic mass is 10.3. The Hall–Kier alpha value is -0.960. The third-order valence-electron chi connectivity index (χ3n) is 3.66. The van der Waals surface area contributed by atoms with Crippen LogP contribution in [-0.2, 0) is 20.0 Å². The van der Waals surface area contributed by atoms with Crippen LogP contribution in [0.5, 0.6) is 0 Å². The first-order valence-corrected chi connectivity index (χ1v) is 10.4. The van der Waals surface area contributed by atoms with Crippen LogP contribution in [0.15, 0.2) is 34.1 Å². The van der Waals surface area contributed by atoms with Gasteiger partial charge in [-0.25, -0.2) is 21.6 Å². The SMILES string of the molecule is CCCCNS(=O)(=O)c1ccc(S(=O)(=O)N2CCCC2)cc1. The quantitative estimate of drug-likeness (QED) is 0.759. The average Bonchev–Trinajstić information content (AvgIpc) is 3.02. The van der Waals surface area contributed by atoms with Crippen molar-refractivity contribution in [3.8, 4) is 0 Å². The number of nitrogens with zero attached hydrogens (tertiary/aromatic N) is 1. The van der Waals surface area contributed by atoms with Crippen molar-refractivity contribution < 1.29 is 16.8 Å². The largest absolute Gasteiger partial charge is 0.243 e. The van der Waals surface area contributed by atoms with E-state index in [0.29, 0.717) is 19.6 Å². The topological polar surface area (TPSA) is 83.5 Å². The van der Waals surface area contributed by atoms with Crippen LogP contribution in [0.3, 0.4) is 0 Å². The van der Waals surface area contributed by atoms with Gasteiger partial charge in [-0.15, -0.1) is 0 Å². The van der Waals surface area contributed by atoms with Gasteiger partial charge in [0, 0.05) is 19.6 Å². The lowest BCUT2D eigenvalue weighted by Crippen LogP contribution is -2.28. The van der Waals surface area contributed by atoms with E-state index < -0.39 is 20.0 Å². The van der Waals surface area contributed by atoms with Gasteiger partial charge in [0.15, 0.2) is 0 Å². The molecule has 0 saturated carbocycles. The molecule has 0 aromatic heterocycles. The van der Waals surface area contributed by atoms with Crippen LogP contribution in [0.1, 0.15) is 32.6 Å². The number of hydrogen-bond donors (Lipinski definition) is 1. The molecule has 0 radical (unpaired) electrons. The zero-order chi connectivity index (χ0) is 16.2. The van der Waals surface area contributed by atoms with Crippen molar-refractivity contribution in [1.29, 1.82) is 0 Å². The van der Waals surface area contributed by atoms with E-state index in [1.807, 2.05) is 6.92 Å². The normalized spacial score (nSPS) is 17.0. The summed E-state index contributed by atoms with van der Waals surface area (Å²) in [6.07, 6.45) is 3.40. The summed E-state index contributed by atoms with van der Waals surface area (Å²) in [5, 5.41) is 0. The monoisotopic (exact) mass is 346 g/mol. The summed E-state index contributed by atoms with van der Waals surface area (Å²) in [5.41, 5.74) is 0. The van der Waals surface area contributed by atoms with Gasteiger partial charge in [0.05, 0.1) is 9.79 Å². The van der Waals surface area contributed by atoms with E-state index in [-0.39, 0.29) is 9.79 Å². The minimum atomic E-state index is -3.57. The standard InChI is InChI=1S/C14H22N2O4S2/c1-2-3-10-15-21(17,18)13-6-8-14(9-7-13)22(19,20)16-11-4-5-12-16/h6-9,15H,2-5,10-12H2,1H3. The van der Waals surface area contributed by atoms with Crippen LogP contribution < -0.4 is 4.72 Å². The molecule has 124 valence electrons. The van der Waals surface area contributed by atoms with Gasteiger partial charge >= 0.3 is 0 Å². The maximum absolute atomic E-state index is 12.4. The van der Waals surface area contributed by atoms with E-state index in [9.17, 15) is 16.8 Å². The third-order valence-corrected chi connectivity index (χ3v) is 7.05. The van der Waals surface area contributed by atoms with Gasteiger partial charge in [0.1, 0.15) is 0 Å². The Morgan fingerprint density at radius 1 is 1.00 bits per heavy atom. The Kier molecular flexibility index (Phi) is 5.60. The number of rotatable bonds is 7. The molecule has 0 unspecified atom stereocenters. The van der Waals surface area contributed by atoms with Crippen molar-refractivity contribution in [3.63, 3.8) is 0 Å². The fraction of sp³-hybridized carbons (Fsp3) is 0.571. The van der Waals surface area contributed by atoms with E-state index in [2.05, 4.69) is 4.72 Å². The van der Waals surface area contributed by atoms with Crippen molar-refractivity contribution in [2.75, 3.05) is 19.6 Å². The predicted octanol–water partition coefficient (Wildman–Crippen LogP) is 1.55. The molecule has 6 nitrogen and oxygen atoms in total. The van der Waals surface area contributed by atoms with Crippen molar-refractivity contribution >= 4 is 20.0 Å². The van der Waals surface area contributed by atoms with Crippen LogP contribution in [0.2, 0.25) is 0 Å². The minimum Gasteiger partial charge on any atom is -0.211 e. The molecule has 2 rings (SSSR count). The summed E-state index contributed by atoms with van der Waals surface area (Å²) in [6.45, 7) is 3.42. The zero-order valence-electron chi connectivity index (χ0n) is 12.7. The fourth-order valence-corrected chi connectivity index (χ4v) is 4.93. The molecule has 1 fully saturated rings. The molecule has 8 heteroatoms. The lowest BCUT2D eigenvalue weighted by molar-refractivity contribution is 0.477. The van der Waals surface area contributed by atoms with Crippen LogP contribution in [-0.4, -0.2) is 40.8 Å². The van der Waals surface area contributed by atoms with Gasteiger partial charge < -0.3 is 0 Å². The highest BCUT2D eigenvalue weighted by molar-refractivity contribution is 7.89. The predicted molar refractivity (Wildman–Crippen MR) is 84.5 cm³/mol. The van der Waals surface area contributed by atoms with Gasteiger partial charge in [-0.3, -0.25) is 0 Å². The van der Waals surface area contributed by atoms with E-state index >= 15 is 0 Å². The highest BCUT2D eigenvalue weighted by Gasteiger charge is 2.27. The first-order valence-electron chi connectivity index (χ1n) is 7.48. The number of benzene rings is 1. The number of hydrogen-bond acceptors (Lipinski definition) is 4. The average molecular weight is 346 g/mol. The van der Waals surface area contributed by atoms with Gasteiger partial charge in [0.25, 0.3) is 0 Å². The van der Waals surface area contributed by atoms with Gasteiger partial charge in [-0.05, 0) is 43.5 Å². The molecule has 22 heavy (non-hydrogen) atoms.